The lowest BCUT2D eigenvalue weighted by atomic mass is 9.92. The molecule has 0 radical (unpaired) electrons. The molecule has 0 aliphatic carbocycles. The number of anilines is 2. The number of rotatable bonds is 0. The average molecular weight is 279 g/mol. The molecule has 2 heteroatoms. The summed E-state index contributed by atoms with van der Waals surface area (Å²) in [6.07, 6.45) is 1.02. The van der Waals surface area contributed by atoms with E-state index in [4.69, 9.17) is 0 Å². The largest absolute Gasteiger partial charge is 0.336 e. The van der Waals surface area contributed by atoms with Crippen molar-refractivity contribution in [2.45, 2.75) is 39.2 Å². The topological polar surface area (TPSA) is 20.3 Å². The van der Waals surface area contributed by atoms with Crippen molar-refractivity contribution in [2.24, 2.45) is 0 Å². The Morgan fingerprint density at radius 2 is 1.24 bits per heavy atom. The van der Waals surface area contributed by atoms with Crippen molar-refractivity contribution in [3.05, 3.63) is 59.7 Å². The maximum atomic E-state index is 12.3. The Morgan fingerprint density at radius 1 is 0.810 bits per heavy atom. The van der Waals surface area contributed by atoms with Crippen molar-refractivity contribution in [1.82, 2.24) is 0 Å². The van der Waals surface area contributed by atoms with Gasteiger partial charge in [-0.25, -0.2) is 0 Å². The minimum absolute atomic E-state index is 0.0490. The first kappa shape index (κ1) is 13.9. The number of hydrogen-bond donors (Lipinski definition) is 0. The fourth-order valence-electron chi connectivity index (χ4n) is 3.10. The molecular weight excluding hydrogens is 258 g/mol. The lowest BCUT2D eigenvalue weighted by Crippen LogP contribution is -2.39. The van der Waals surface area contributed by atoms with Gasteiger partial charge in [-0.3, -0.25) is 4.79 Å². The molecule has 0 spiro atoms. The summed E-state index contributed by atoms with van der Waals surface area (Å²) in [5.74, 6) is 0.281. The molecule has 2 nitrogen and oxygen atoms in total. The zero-order chi connectivity index (χ0) is 15.0. The summed E-state index contributed by atoms with van der Waals surface area (Å²) in [5.41, 5.74) is 4.47. The van der Waals surface area contributed by atoms with E-state index in [2.05, 4.69) is 49.9 Å². The molecule has 0 bridgehead atoms. The third-order valence-electron chi connectivity index (χ3n) is 3.91. The van der Waals surface area contributed by atoms with E-state index in [0.29, 0.717) is 12.8 Å². The number of nitrogens with zero attached hydrogens (tertiary/aromatic N) is 1. The maximum Gasteiger partial charge on any atom is 0.141 e. The molecule has 0 atom stereocenters. The second kappa shape index (κ2) is 5.03. The Morgan fingerprint density at radius 3 is 1.67 bits per heavy atom. The molecule has 0 aromatic heterocycles. The van der Waals surface area contributed by atoms with Gasteiger partial charge in [-0.2, -0.15) is 0 Å². The smallest absolute Gasteiger partial charge is 0.141 e. The normalized spacial score (nSPS) is 15.0. The molecule has 2 aromatic rings. The average Bonchev–Trinajstić information content (AvgIpc) is 2.39. The molecule has 0 saturated carbocycles. The summed E-state index contributed by atoms with van der Waals surface area (Å²) >= 11 is 0. The van der Waals surface area contributed by atoms with E-state index < -0.39 is 0 Å². The highest BCUT2D eigenvalue weighted by Crippen LogP contribution is 2.39. The molecule has 21 heavy (non-hydrogen) atoms. The van der Waals surface area contributed by atoms with Crippen molar-refractivity contribution < 1.29 is 4.79 Å². The van der Waals surface area contributed by atoms with Crippen LogP contribution in [0.3, 0.4) is 0 Å². The van der Waals surface area contributed by atoms with Crippen molar-refractivity contribution in [3.63, 3.8) is 0 Å². The molecule has 0 unspecified atom stereocenters. The molecule has 0 saturated heterocycles. The number of para-hydroxylation sites is 2. The zero-order valence-electron chi connectivity index (χ0n) is 12.9. The van der Waals surface area contributed by atoms with Gasteiger partial charge in [-0.15, -0.1) is 0 Å². The summed E-state index contributed by atoms with van der Waals surface area (Å²) in [7, 11) is 0. The predicted molar refractivity (Wildman–Crippen MR) is 87.2 cm³/mol. The van der Waals surface area contributed by atoms with Gasteiger partial charge in [0.25, 0.3) is 0 Å². The van der Waals surface area contributed by atoms with Gasteiger partial charge in [0.2, 0.25) is 0 Å². The number of fused-ring (bicyclic) bond motifs is 2. The Hall–Kier alpha value is -2.09. The highest BCUT2D eigenvalue weighted by atomic mass is 16.1. The molecule has 0 N–H and O–H groups in total. The van der Waals surface area contributed by atoms with E-state index in [0.717, 1.165) is 22.5 Å². The first-order valence-electron chi connectivity index (χ1n) is 7.44. The molecule has 0 fully saturated rings. The summed E-state index contributed by atoms with van der Waals surface area (Å²) in [6, 6.07) is 16.5. The van der Waals surface area contributed by atoms with Crippen LogP contribution in [-0.4, -0.2) is 11.3 Å². The molecule has 108 valence electrons. The maximum absolute atomic E-state index is 12.3. The Kier molecular flexibility index (Phi) is 3.32. The van der Waals surface area contributed by atoms with Crippen molar-refractivity contribution >= 4 is 17.2 Å². The Balaban J connectivity index is 2.28. The third-order valence-corrected chi connectivity index (χ3v) is 3.91. The lowest BCUT2D eigenvalue weighted by Gasteiger charge is -2.41. The van der Waals surface area contributed by atoms with Gasteiger partial charge >= 0.3 is 0 Å². The van der Waals surface area contributed by atoms with Crippen molar-refractivity contribution in [2.75, 3.05) is 4.90 Å². The monoisotopic (exact) mass is 279 g/mol. The van der Waals surface area contributed by atoms with Crippen LogP contribution in [0.5, 0.6) is 0 Å². The molecule has 3 rings (SSSR count). The number of Topliss-reactive ketones (excluding diaryl/α,β-unsaturated/α-hetero) is 1. The third kappa shape index (κ3) is 2.58. The Labute approximate surface area is 126 Å². The first-order valence-corrected chi connectivity index (χ1v) is 7.44. The van der Waals surface area contributed by atoms with E-state index in [1.54, 1.807) is 0 Å². The minimum Gasteiger partial charge on any atom is -0.336 e. The van der Waals surface area contributed by atoms with Crippen LogP contribution in [0.1, 0.15) is 31.9 Å². The molecule has 2 aromatic carbocycles. The number of ketones is 1. The number of hydrogen-bond acceptors (Lipinski definition) is 2. The van der Waals surface area contributed by atoms with Crippen LogP contribution in [0.4, 0.5) is 11.4 Å². The number of carbonyl (C=O) groups excluding carboxylic acids is 1. The lowest BCUT2D eigenvalue weighted by molar-refractivity contribution is -0.117. The van der Waals surface area contributed by atoms with E-state index in [1.807, 2.05) is 24.3 Å². The van der Waals surface area contributed by atoms with Gasteiger partial charge in [0, 0.05) is 29.8 Å². The predicted octanol–water partition coefficient (Wildman–Crippen LogP) is 4.29. The SMILES string of the molecule is CC(C)(C)N1c2ccccc2CC(=O)Cc2ccccc21. The van der Waals surface area contributed by atoms with Crippen LogP contribution in [0.25, 0.3) is 0 Å². The fourth-order valence-corrected chi connectivity index (χ4v) is 3.10. The van der Waals surface area contributed by atoms with Crippen LogP contribution in [0, 0.1) is 0 Å². The van der Waals surface area contributed by atoms with Gasteiger partial charge in [0.15, 0.2) is 0 Å². The molecule has 0 amide bonds. The fraction of sp³-hybridized carbons (Fsp3) is 0.316. The molecule has 1 aliphatic rings. The van der Waals surface area contributed by atoms with Crippen molar-refractivity contribution in [1.29, 1.82) is 0 Å². The Bertz CT molecular complexity index is 630. The van der Waals surface area contributed by atoms with Crippen LogP contribution >= 0.6 is 0 Å². The van der Waals surface area contributed by atoms with E-state index in [1.165, 1.54) is 0 Å². The molecule has 1 heterocycles. The van der Waals surface area contributed by atoms with Gasteiger partial charge in [-0.1, -0.05) is 36.4 Å². The summed E-state index contributed by atoms with van der Waals surface area (Å²) in [5, 5.41) is 0. The van der Waals surface area contributed by atoms with E-state index >= 15 is 0 Å². The van der Waals surface area contributed by atoms with Crippen LogP contribution in [0.2, 0.25) is 0 Å². The number of carbonyl (C=O) groups is 1. The van der Waals surface area contributed by atoms with E-state index in [-0.39, 0.29) is 11.3 Å². The van der Waals surface area contributed by atoms with Gasteiger partial charge in [0.05, 0.1) is 0 Å². The quantitative estimate of drug-likeness (QED) is 0.717. The summed E-state index contributed by atoms with van der Waals surface area (Å²) < 4.78 is 0. The van der Waals surface area contributed by atoms with Crippen molar-refractivity contribution in [3.8, 4) is 0 Å². The minimum atomic E-state index is -0.0490. The van der Waals surface area contributed by atoms with E-state index in [9.17, 15) is 4.79 Å². The first-order chi connectivity index (χ1) is 9.97. The highest BCUT2D eigenvalue weighted by Gasteiger charge is 2.29. The van der Waals surface area contributed by atoms with Gasteiger partial charge < -0.3 is 4.90 Å². The second-order valence-corrected chi connectivity index (χ2v) is 6.66. The molecular formula is C19H21NO. The van der Waals surface area contributed by atoms with Crippen LogP contribution in [-0.2, 0) is 17.6 Å². The van der Waals surface area contributed by atoms with Gasteiger partial charge in [0.1, 0.15) is 5.78 Å². The highest BCUT2D eigenvalue weighted by molar-refractivity contribution is 5.89. The van der Waals surface area contributed by atoms with Crippen LogP contribution in [0.15, 0.2) is 48.5 Å². The van der Waals surface area contributed by atoms with Crippen LogP contribution < -0.4 is 4.90 Å². The second-order valence-electron chi connectivity index (χ2n) is 6.66. The number of benzene rings is 2. The summed E-state index contributed by atoms with van der Waals surface area (Å²) in [4.78, 5) is 14.7. The zero-order valence-corrected chi connectivity index (χ0v) is 12.9. The molecule has 1 aliphatic heterocycles. The summed E-state index contributed by atoms with van der Waals surface area (Å²) in [6.45, 7) is 6.64. The standard InChI is InChI=1S/C19H21NO/c1-19(2,3)20-17-10-6-4-8-14(17)12-16(21)13-15-9-5-7-11-18(15)20/h4-11H,12-13H2,1-3H3. The van der Waals surface area contributed by atoms with Gasteiger partial charge in [-0.05, 0) is 44.0 Å².